The predicted molar refractivity (Wildman–Crippen MR) is 112 cm³/mol. The molecule has 1 amide bonds. The fourth-order valence-electron chi connectivity index (χ4n) is 3.21. The Labute approximate surface area is 165 Å². The summed E-state index contributed by atoms with van der Waals surface area (Å²) in [6.45, 7) is 15.4. The highest BCUT2D eigenvalue weighted by atomic mass is 16.6. The molecule has 1 fully saturated rings. The number of piperidine rings is 1. The molecule has 0 radical (unpaired) electrons. The zero-order chi connectivity index (χ0) is 20.3. The molecule has 2 N–H and O–H groups in total. The maximum Gasteiger partial charge on any atom is 0.410 e. The number of nitrogens with one attached hydrogen (secondary N) is 2. The molecule has 0 unspecified atom stereocenters. The molecule has 0 saturated carbocycles. The smallest absolute Gasteiger partial charge is 0.410 e. The number of aliphatic imine (C=N–C) groups is 1. The number of hydrogen-bond acceptors (Lipinski definition) is 4. The number of nitrogens with zero attached hydrogens (tertiary/aromatic N) is 3. The first-order chi connectivity index (χ1) is 12.8. The van der Waals surface area contributed by atoms with Crippen LogP contribution in [0.2, 0.25) is 0 Å². The van der Waals surface area contributed by atoms with Gasteiger partial charge in [0.2, 0.25) is 0 Å². The van der Waals surface area contributed by atoms with E-state index in [0.29, 0.717) is 25.7 Å². The molecule has 27 heavy (non-hydrogen) atoms. The van der Waals surface area contributed by atoms with Crippen molar-refractivity contribution in [3.8, 4) is 0 Å². The Hall–Kier alpha value is -1.50. The molecule has 0 aromatic rings. The number of rotatable bonds is 8. The van der Waals surface area contributed by atoms with Crippen LogP contribution in [-0.2, 0) is 4.74 Å². The summed E-state index contributed by atoms with van der Waals surface area (Å²) in [5.74, 6) is 0.810. The third kappa shape index (κ3) is 9.84. The van der Waals surface area contributed by atoms with Gasteiger partial charge in [-0.3, -0.25) is 4.99 Å². The van der Waals surface area contributed by atoms with E-state index >= 15 is 0 Å². The van der Waals surface area contributed by atoms with Crippen LogP contribution < -0.4 is 10.6 Å². The van der Waals surface area contributed by atoms with Gasteiger partial charge in [0.25, 0.3) is 0 Å². The molecule has 7 nitrogen and oxygen atoms in total. The monoisotopic (exact) mass is 383 g/mol. The van der Waals surface area contributed by atoms with Crippen LogP contribution in [0.15, 0.2) is 4.99 Å². The van der Waals surface area contributed by atoms with Crippen molar-refractivity contribution in [1.29, 1.82) is 0 Å². The molecule has 0 aromatic heterocycles. The van der Waals surface area contributed by atoms with E-state index in [1.807, 2.05) is 20.8 Å². The summed E-state index contributed by atoms with van der Waals surface area (Å²) in [5, 5.41) is 6.85. The molecule has 7 heteroatoms. The first-order valence-corrected chi connectivity index (χ1v) is 10.5. The fourth-order valence-corrected chi connectivity index (χ4v) is 3.21. The van der Waals surface area contributed by atoms with Crippen molar-refractivity contribution in [2.45, 2.75) is 71.9 Å². The van der Waals surface area contributed by atoms with Crippen molar-refractivity contribution in [2.24, 2.45) is 4.99 Å². The molecule has 1 heterocycles. The highest BCUT2D eigenvalue weighted by Crippen LogP contribution is 2.11. The summed E-state index contributed by atoms with van der Waals surface area (Å²) < 4.78 is 5.50. The first-order valence-electron chi connectivity index (χ1n) is 10.5. The number of hydrogen-bond donors (Lipinski definition) is 2. The van der Waals surface area contributed by atoms with Gasteiger partial charge in [-0.05, 0) is 53.0 Å². The third-order valence-electron chi connectivity index (χ3n) is 4.51. The number of ether oxygens (including phenoxy) is 1. The Morgan fingerprint density at radius 1 is 1.19 bits per heavy atom. The molecule has 0 spiro atoms. The molecule has 0 bridgehead atoms. The minimum atomic E-state index is -0.471. The Bertz CT molecular complexity index is 454. The topological polar surface area (TPSA) is 69.2 Å². The van der Waals surface area contributed by atoms with Crippen molar-refractivity contribution < 1.29 is 9.53 Å². The second kappa shape index (κ2) is 12.1. The van der Waals surface area contributed by atoms with Gasteiger partial charge in [0.15, 0.2) is 5.96 Å². The lowest BCUT2D eigenvalue weighted by molar-refractivity contribution is 0.0253. The fraction of sp³-hybridized carbons (Fsp3) is 0.900. The van der Waals surface area contributed by atoms with E-state index in [9.17, 15) is 4.79 Å². The third-order valence-corrected chi connectivity index (χ3v) is 4.51. The highest BCUT2D eigenvalue weighted by molar-refractivity contribution is 5.80. The van der Waals surface area contributed by atoms with Crippen molar-refractivity contribution in [1.82, 2.24) is 20.4 Å². The molecular formula is C20H41N5O2. The van der Waals surface area contributed by atoms with Gasteiger partial charge in [-0.1, -0.05) is 13.8 Å². The largest absolute Gasteiger partial charge is 0.444 e. The maximum absolute atomic E-state index is 12.3. The molecular weight excluding hydrogens is 342 g/mol. The van der Waals surface area contributed by atoms with Gasteiger partial charge in [-0.2, -0.15) is 0 Å². The summed E-state index contributed by atoms with van der Waals surface area (Å²) in [6.07, 6.45) is 4.15. The highest BCUT2D eigenvalue weighted by Gasteiger charge is 2.22. The standard InChI is InChI=1S/C20H41N5O2/c1-7-12-24-14-9-17(10-15-24)23-18(21-6)22-11-16-25(13-8-2)19(26)27-20(3,4)5/h17H,7-16H2,1-6H3,(H2,21,22,23). The Morgan fingerprint density at radius 3 is 2.37 bits per heavy atom. The molecule has 1 aliphatic heterocycles. The molecule has 0 aliphatic carbocycles. The second-order valence-electron chi connectivity index (χ2n) is 8.23. The average molecular weight is 384 g/mol. The van der Waals surface area contributed by atoms with Gasteiger partial charge >= 0.3 is 6.09 Å². The van der Waals surface area contributed by atoms with Crippen molar-refractivity contribution in [3.05, 3.63) is 0 Å². The van der Waals surface area contributed by atoms with E-state index in [1.54, 1.807) is 11.9 Å². The second-order valence-corrected chi connectivity index (χ2v) is 8.23. The summed E-state index contributed by atoms with van der Waals surface area (Å²) >= 11 is 0. The van der Waals surface area contributed by atoms with Crippen LogP contribution in [0.25, 0.3) is 0 Å². The number of amides is 1. The minimum absolute atomic E-state index is 0.252. The Kier molecular flexibility index (Phi) is 10.5. The Balaban J connectivity index is 2.39. The minimum Gasteiger partial charge on any atom is -0.444 e. The van der Waals surface area contributed by atoms with Crippen molar-refractivity contribution >= 4 is 12.1 Å². The number of guanidine groups is 1. The molecule has 0 atom stereocenters. The maximum atomic E-state index is 12.3. The quantitative estimate of drug-likeness (QED) is 0.498. The van der Waals surface area contributed by atoms with Crippen LogP contribution in [0.3, 0.4) is 0 Å². The summed E-state index contributed by atoms with van der Waals surface area (Å²) in [4.78, 5) is 20.9. The van der Waals surface area contributed by atoms with Crippen LogP contribution in [0.1, 0.15) is 60.3 Å². The number of likely N-dealkylation sites (tertiary alicyclic amines) is 1. The van der Waals surface area contributed by atoms with E-state index < -0.39 is 5.60 Å². The van der Waals surface area contributed by atoms with Crippen LogP contribution in [-0.4, -0.2) is 79.8 Å². The average Bonchev–Trinajstić information content (AvgIpc) is 2.60. The molecule has 1 aliphatic rings. The summed E-state index contributed by atoms with van der Waals surface area (Å²) in [6, 6.07) is 0.460. The van der Waals surface area contributed by atoms with Gasteiger partial charge in [-0.25, -0.2) is 4.79 Å². The van der Waals surface area contributed by atoms with Crippen LogP contribution in [0.4, 0.5) is 4.79 Å². The number of carbonyl (C=O) groups excluding carboxylic acids is 1. The van der Waals surface area contributed by atoms with Gasteiger partial charge in [0.05, 0.1) is 0 Å². The molecule has 1 rings (SSSR count). The molecule has 0 aromatic carbocycles. The van der Waals surface area contributed by atoms with Gasteiger partial charge in [0, 0.05) is 45.8 Å². The SMILES string of the molecule is CCCN1CCC(NC(=NC)NCCN(CCC)C(=O)OC(C)(C)C)CC1. The van der Waals surface area contributed by atoms with E-state index in [-0.39, 0.29) is 6.09 Å². The van der Waals surface area contributed by atoms with E-state index in [4.69, 9.17) is 4.74 Å². The van der Waals surface area contributed by atoms with Crippen molar-refractivity contribution in [3.63, 3.8) is 0 Å². The van der Waals surface area contributed by atoms with Crippen LogP contribution in [0.5, 0.6) is 0 Å². The van der Waals surface area contributed by atoms with Crippen LogP contribution >= 0.6 is 0 Å². The lowest BCUT2D eigenvalue weighted by Crippen LogP contribution is -2.50. The van der Waals surface area contributed by atoms with Crippen molar-refractivity contribution in [2.75, 3.05) is 46.3 Å². The van der Waals surface area contributed by atoms with Gasteiger partial charge < -0.3 is 25.2 Å². The molecule has 1 saturated heterocycles. The van der Waals surface area contributed by atoms with E-state index in [1.165, 1.54) is 13.0 Å². The first kappa shape index (κ1) is 23.5. The zero-order valence-electron chi connectivity index (χ0n) is 18.3. The molecule has 158 valence electrons. The van der Waals surface area contributed by atoms with E-state index in [2.05, 4.69) is 34.4 Å². The normalized spacial score (nSPS) is 16.9. The van der Waals surface area contributed by atoms with Gasteiger partial charge in [0.1, 0.15) is 5.60 Å². The number of carbonyl (C=O) groups is 1. The summed E-state index contributed by atoms with van der Waals surface area (Å²) in [7, 11) is 1.79. The van der Waals surface area contributed by atoms with Crippen LogP contribution in [0, 0.1) is 0 Å². The zero-order valence-corrected chi connectivity index (χ0v) is 18.3. The lowest BCUT2D eigenvalue weighted by atomic mass is 10.1. The summed E-state index contributed by atoms with van der Waals surface area (Å²) in [5.41, 5.74) is -0.471. The van der Waals surface area contributed by atoms with E-state index in [0.717, 1.165) is 38.3 Å². The lowest BCUT2D eigenvalue weighted by Gasteiger charge is -2.33. The Morgan fingerprint density at radius 2 is 1.85 bits per heavy atom. The van der Waals surface area contributed by atoms with Gasteiger partial charge in [-0.15, -0.1) is 0 Å². The predicted octanol–water partition coefficient (Wildman–Crippen LogP) is 2.67.